The van der Waals surface area contributed by atoms with Gasteiger partial charge in [-0.1, -0.05) is 5.16 Å². The van der Waals surface area contributed by atoms with Gasteiger partial charge in [-0.3, -0.25) is 4.79 Å². The van der Waals surface area contributed by atoms with Gasteiger partial charge in [-0.05, 0) is 39.7 Å². The Balaban J connectivity index is 1.67. The number of aryl methyl sites for hydroxylation is 1. The number of aromatic nitrogens is 2. The lowest BCUT2D eigenvalue weighted by Gasteiger charge is -2.29. The highest BCUT2D eigenvalue weighted by molar-refractivity contribution is 5.86. The van der Waals surface area contributed by atoms with Crippen LogP contribution >= 0.6 is 0 Å². The number of hydrogen-bond donors (Lipinski definition) is 1. The van der Waals surface area contributed by atoms with Crippen molar-refractivity contribution in [2.24, 2.45) is 0 Å². The molecular weight excluding hydrogens is 244 g/mol. The molecule has 6 nitrogen and oxygen atoms in total. The lowest BCUT2D eigenvalue weighted by atomic mass is 9.98. The highest BCUT2D eigenvalue weighted by atomic mass is 16.5. The Kier molecular flexibility index (Phi) is 3.05. The van der Waals surface area contributed by atoms with E-state index in [0.717, 1.165) is 32.4 Å². The molecule has 0 aromatic carbocycles. The number of nitrogens with zero attached hydrogens (tertiary/aromatic N) is 3. The van der Waals surface area contributed by atoms with Crippen LogP contribution in [-0.4, -0.2) is 46.1 Å². The molecule has 1 N–H and O–H groups in total. The number of amides is 1. The Bertz CT molecular complexity index is 479. The molecule has 19 heavy (non-hydrogen) atoms. The second-order valence-electron chi connectivity index (χ2n) is 5.78. The van der Waals surface area contributed by atoms with Gasteiger partial charge >= 0.3 is 0 Å². The summed E-state index contributed by atoms with van der Waals surface area (Å²) in [6.45, 7) is 6.23. The van der Waals surface area contributed by atoms with E-state index < -0.39 is 0 Å². The largest absolute Gasteiger partial charge is 0.340 e. The monoisotopic (exact) mass is 264 g/mol. The van der Waals surface area contributed by atoms with Crippen LogP contribution in [0.15, 0.2) is 4.52 Å². The molecule has 2 aliphatic rings. The number of carbonyl (C=O) groups is 1. The average Bonchev–Trinajstić information content (AvgIpc) is 3.08. The van der Waals surface area contributed by atoms with E-state index in [2.05, 4.69) is 15.5 Å². The van der Waals surface area contributed by atoms with Crippen LogP contribution in [0, 0.1) is 6.92 Å². The standard InChI is InChI=1S/C13H20N4O2/c1-9-15-11(19-16-9)10-4-7-17(8-10)12(18)13(2)5-3-6-14-13/h10,14H,3-8H2,1-2H3/t10?,13-/m0/s1. The van der Waals surface area contributed by atoms with Gasteiger partial charge in [-0.15, -0.1) is 0 Å². The summed E-state index contributed by atoms with van der Waals surface area (Å²) in [6.07, 6.45) is 2.90. The first-order valence-electron chi connectivity index (χ1n) is 6.93. The minimum Gasteiger partial charge on any atom is -0.340 e. The van der Waals surface area contributed by atoms with Gasteiger partial charge in [-0.25, -0.2) is 0 Å². The molecule has 2 atom stereocenters. The third-order valence-corrected chi connectivity index (χ3v) is 4.21. The fourth-order valence-corrected chi connectivity index (χ4v) is 3.05. The maximum Gasteiger partial charge on any atom is 0.242 e. The van der Waals surface area contributed by atoms with E-state index in [4.69, 9.17) is 4.52 Å². The summed E-state index contributed by atoms with van der Waals surface area (Å²) >= 11 is 0. The smallest absolute Gasteiger partial charge is 0.242 e. The molecule has 0 radical (unpaired) electrons. The van der Waals surface area contributed by atoms with Crippen LogP contribution in [0.3, 0.4) is 0 Å². The maximum absolute atomic E-state index is 12.5. The summed E-state index contributed by atoms with van der Waals surface area (Å²) in [6, 6.07) is 0. The fraction of sp³-hybridized carbons (Fsp3) is 0.769. The fourth-order valence-electron chi connectivity index (χ4n) is 3.05. The van der Waals surface area contributed by atoms with E-state index in [1.54, 1.807) is 0 Å². The Morgan fingerprint density at radius 2 is 2.42 bits per heavy atom. The van der Waals surface area contributed by atoms with E-state index >= 15 is 0 Å². The number of hydrogen-bond acceptors (Lipinski definition) is 5. The molecule has 2 fully saturated rings. The molecule has 0 bridgehead atoms. The van der Waals surface area contributed by atoms with Crippen molar-refractivity contribution in [3.05, 3.63) is 11.7 Å². The SMILES string of the molecule is Cc1noc(C2CCN(C(=O)[C@]3(C)CCCN3)C2)n1. The molecular formula is C13H20N4O2. The molecule has 1 unspecified atom stereocenters. The average molecular weight is 264 g/mol. The summed E-state index contributed by atoms with van der Waals surface area (Å²) in [7, 11) is 0. The summed E-state index contributed by atoms with van der Waals surface area (Å²) < 4.78 is 5.21. The van der Waals surface area contributed by atoms with Crippen molar-refractivity contribution < 1.29 is 9.32 Å². The normalized spacial score (nSPS) is 31.1. The van der Waals surface area contributed by atoms with Crippen LogP contribution < -0.4 is 5.32 Å². The van der Waals surface area contributed by atoms with Crippen molar-refractivity contribution in [2.45, 2.75) is 44.6 Å². The topological polar surface area (TPSA) is 71.3 Å². The lowest BCUT2D eigenvalue weighted by molar-refractivity contribution is -0.136. The van der Waals surface area contributed by atoms with Crippen LogP contribution in [-0.2, 0) is 4.79 Å². The molecule has 1 aromatic rings. The van der Waals surface area contributed by atoms with Crippen LogP contribution in [0.1, 0.15) is 43.8 Å². The molecule has 3 heterocycles. The third kappa shape index (κ3) is 2.25. The second-order valence-corrected chi connectivity index (χ2v) is 5.78. The van der Waals surface area contributed by atoms with Crippen LogP contribution in [0.5, 0.6) is 0 Å². The van der Waals surface area contributed by atoms with Crippen molar-refractivity contribution in [3.8, 4) is 0 Å². The predicted octanol–water partition coefficient (Wildman–Crippen LogP) is 0.836. The minimum absolute atomic E-state index is 0.190. The van der Waals surface area contributed by atoms with Crippen molar-refractivity contribution >= 4 is 5.91 Å². The molecule has 1 aromatic heterocycles. The first-order chi connectivity index (χ1) is 9.08. The highest BCUT2D eigenvalue weighted by Gasteiger charge is 2.42. The molecule has 6 heteroatoms. The zero-order valence-electron chi connectivity index (χ0n) is 11.5. The number of likely N-dealkylation sites (tertiary alicyclic amines) is 1. The van der Waals surface area contributed by atoms with Gasteiger partial charge in [0.25, 0.3) is 0 Å². The Morgan fingerprint density at radius 1 is 1.58 bits per heavy atom. The summed E-state index contributed by atoms with van der Waals surface area (Å²) in [5, 5.41) is 7.15. The quantitative estimate of drug-likeness (QED) is 0.857. The van der Waals surface area contributed by atoms with Gasteiger partial charge in [-0.2, -0.15) is 4.98 Å². The van der Waals surface area contributed by atoms with Gasteiger partial charge in [0, 0.05) is 13.1 Å². The molecule has 0 spiro atoms. The van der Waals surface area contributed by atoms with Crippen LogP contribution in [0.4, 0.5) is 0 Å². The first kappa shape index (κ1) is 12.6. The van der Waals surface area contributed by atoms with Gasteiger partial charge in [0.05, 0.1) is 11.5 Å². The summed E-state index contributed by atoms with van der Waals surface area (Å²) in [4.78, 5) is 18.8. The Hall–Kier alpha value is -1.43. The van der Waals surface area contributed by atoms with Crippen molar-refractivity contribution in [3.63, 3.8) is 0 Å². The molecule has 3 rings (SSSR count). The highest BCUT2D eigenvalue weighted by Crippen LogP contribution is 2.29. The van der Waals surface area contributed by atoms with Crippen LogP contribution in [0.2, 0.25) is 0 Å². The molecule has 2 saturated heterocycles. The van der Waals surface area contributed by atoms with Crippen molar-refractivity contribution in [2.75, 3.05) is 19.6 Å². The van der Waals surface area contributed by atoms with E-state index in [0.29, 0.717) is 18.3 Å². The zero-order chi connectivity index (χ0) is 13.5. The van der Waals surface area contributed by atoms with E-state index in [1.165, 1.54) is 0 Å². The Labute approximate surface area is 112 Å². The Morgan fingerprint density at radius 3 is 3.05 bits per heavy atom. The maximum atomic E-state index is 12.5. The number of nitrogens with one attached hydrogen (secondary N) is 1. The van der Waals surface area contributed by atoms with Crippen molar-refractivity contribution in [1.82, 2.24) is 20.4 Å². The number of carbonyl (C=O) groups excluding carboxylic acids is 1. The molecule has 0 saturated carbocycles. The molecule has 104 valence electrons. The van der Waals surface area contributed by atoms with Gasteiger partial charge in [0.2, 0.25) is 11.8 Å². The van der Waals surface area contributed by atoms with E-state index in [1.807, 2.05) is 18.7 Å². The molecule has 1 amide bonds. The minimum atomic E-state index is -0.375. The zero-order valence-corrected chi connectivity index (χ0v) is 11.5. The third-order valence-electron chi connectivity index (χ3n) is 4.21. The van der Waals surface area contributed by atoms with Crippen molar-refractivity contribution in [1.29, 1.82) is 0 Å². The molecule has 0 aliphatic carbocycles. The van der Waals surface area contributed by atoms with Gasteiger partial charge < -0.3 is 14.7 Å². The first-order valence-corrected chi connectivity index (χ1v) is 6.93. The predicted molar refractivity (Wildman–Crippen MR) is 68.6 cm³/mol. The van der Waals surface area contributed by atoms with Crippen LogP contribution in [0.25, 0.3) is 0 Å². The second kappa shape index (κ2) is 4.59. The van der Waals surface area contributed by atoms with E-state index in [-0.39, 0.29) is 17.4 Å². The van der Waals surface area contributed by atoms with E-state index in [9.17, 15) is 4.79 Å². The summed E-state index contributed by atoms with van der Waals surface area (Å²) in [5.74, 6) is 1.72. The lowest BCUT2D eigenvalue weighted by Crippen LogP contribution is -2.52. The van der Waals surface area contributed by atoms with Gasteiger partial charge in [0.15, 0.2) is 5.82 Å². The number of rotatable bonds is 2. The molecule has 2 aliphatic heterocycles. The van der Waals surface area contributed by atoms with Gasteiger partial charge in [0.1, 0.15) is 0 Å². The summed E-state index contributed by atoms with van der Waals surface area (Å²) in [5.41, 5.74) is -0.375.